The maximum atomic E-state index is 10.3. The molecule has 0 heterocycles. The standard InChI is InChI=1S/C14H21NO3.C11H24.C2H6/c1-5-17-12(4)18-14-10(2)6-13(7-11(14)3)8-15-9-16;1-9(11(5,6)7)8-10(2,3)4;1-2/h6-7,9,12H,5,8H2,1-4H3,(H,15,16);9H,8H2,1-7H3;1-2H3. The van der Waals surface area contributed by atoms with Crippen molar-refractivity contribution in [3.63, 3.8) is 0 Å². The molecule has 182 valence electrons. The summed E-state index contributed by atoms with van der Waals surface area (Å²) in [6, 6.07) is 4.02. The summed E-state index contributed by atoms with van der Waals surface area (Å²) < 4.78 is 11.1. The summed E-state index contributed by atoms with van der Waals surface area (Å²) in [5.41, 5.74) is 4.10. The number of amides is 1. The van der Waals surface area contributed by atoms with Gasteiger partial charge in [-0.1, -0.05) is 74.4 Å². The first-order valence-corrected chi connectivity index (χ1v) is 11.8. The topological polar surface area (TPSA) is 47.6 Å². The van der Waals surface area contributed by atoms with Crippen molar-refractivity contribution in [3.8, 4) is 5.75 Å². The highest BCUT2D eigenvalue weighted by Crippen LogP contribution is 2.35. The van der Waals surface area contributed by atoms with Crippen LogP contribution in [0, 0.1) is 30.6 Å². The quantitative estimate of drug-likeness (QED) is 0.339. The third-order valence-electron chi connectivity index (χ3n) is 4.99. The van der Waals surface area contributed by atoms with E-state index >= 15 is 0 Å². The molecule has 1 rings (SSSR count). The summed E-state index contributed by atoms with van der Waals surface area (Å²) in [7, 11) is 0. The molecule has 0 spiro atoms. The third-order valence-corrected chi connectivity index (χ3v) is 4.99. The highest BCUT2D eigenvalue weighted by Gasteiger charge is 2.24. The van der Waals surface area contributed by atoms with Crippen molar-refractivity contribution in [1.82, 2.24) is 5.32 Å². The molecular weight excluding hydrogens is 386 g/mol. The smallest absolute Gasteiger partial charge is 0.207 e. The molecule has 0 aromatic heterocycles. The van der Waals surface area contributed by atoms with Gasteiger partial charge in [0.1, 0.15) is 5.75 Å². The minimum absolute atomic E-state index is 0.258. The molecule has 0 aliphatic rings. The molecule has 0 fully saturated rings. The van der Waals surface area contributed by atoms with E-state index < -0.39 is 0 Å². The van der Waals surface area contributed by atoms with Gasteiger partial charge in [-0.15, -0.1) is 0 Å². The Balaban J connectivity index is 0. The first-order chi connectivity index (χ1) is 14.2. The number of rotatable bonds is 8. The molecule has 1 aromatic carbocycles. The molecule has 2 unspecified atom stereocenters. The number of carbonyl (C=O) groups is 1. The molecule has 1 N–H and O–H groups in total. The number of ether oxygens (including phenoxy) is 2. The summed E-state index contributed by atoms with van der Waals surface area (Å²) in [5.74, 6) is 1.66. The van der Waals surface area contributed by atoms with Crippen LogP contribution < -0.4 is 10.1 Å². The molecule has 1 amide bonds. The molecular formula is C27H51NO3. The summed E-state index contributed by atoms with van der Waals surface area (Å²) in [6.45, 7) is 29.2. The van der Waals surface area contributed by atoms with Crippen LogP contribution in [0.1, 0.15) is 99.3 Å². The number of hydrogen-bond donors (Lipinski definition) is 1. The predicted molar refractivity (Wildman–Crippen MR) is 135 cm³/mol. The molecule has 4 nitrogen and oxygen atoms in total. The number of benzene rings is 1. The van der Waals surface area contributed by atoms with E-state index in [1.807, 2.05) is 53.7 Å². The van der Waals surface area contributed by atoms with Gasteiger partial charge in [0.05, 0.1) is 0 Å². The van der Waals surface area contributed by atoms with Gasteiger partial charge in [0.25, 0.3) is 0 Å². The normalized spacial score (nSPS) is 13.1. The Kier molecular flexibility index (Phi) is 15.6. The Morgan fingerprint density at radius 1 is 1.00 bits per heavy atom. The fourth-order valence-corrected chi connectivity index (χ4v) is 3.15. The highest BCUT2D eigenvalue weighted by atomic mass is 16.7. The van der Waals surface area contributed by atoms with Crippen molar-refractivity contribution in [2.24, 2.45) is 16.7 Å². The lowest BCUT2D eigenvalue weighted by Crippen LogP contribution is -2.22. The average molecular weight is 438 g/mol. The summed E-state index contributed by atoms with van der Waals surface area (Å²) >= 11 is 0. The second-order valence-corrected chi connectivity index (χ2v) is 10.2. The molecule has 4 heteroatoms. The summed E-state index contributed by atoms with van der Waals surface area (Å²) in [5, 5.41) is 2.65. The van der Waals surface area contributed by atoms with Crippen LogP contribution in [0.2, 0.25) is 0 Å². The van der Waals surface area contributed by atoms with Gasteiger partial charge in [0.2, 0.25) is 6.41 Å². The first kappa shape index (κ1) is 31.6. The van der Waals surface area contributed by atoms with Crippen molar-refractivity contribution < 1.29 is 14.3 Å². The maximum absolute atomic E-state index is 10.3. The van der Waals surface area contributed by atoms with Crippen molar-refractivity contribution in [3.05, 3.63) is 28.8 Å². The Morgan fingerprint density at radius 3 is 1.81 bits per heavy atom. The molecule has 0 radical (unpaired) electrons. The van der Waals surface area contributed by atoms with Gasteiger partial charge in [-0.05, 0) is 67.6 Å². The van der Waals surface area contributed by atoms with E-state index in [2.05, 4.69) is 53.8 Å². The molecule has 0 saturated carbocycles. The van der Waals surface area contributed by atoms with Crippen molar-refractivity contribution in [1.29, 1.82) is 0 Å². The van der Waals surface area contributed by atoms with E-state index in [0.29, 0.717) is 30.4 Å². The fraction of sp³-hybridized carbons (Fsp3) is 0.741. The van der Waals surface area contributed by atoms with Crippen molar-refractivity contribution in [2.75, 3.05) is 6.61 Å². The van der Waals surface area contributed by atoms with Gasteiger partial charge in [-0.25, -0.2) is 0 Å². The summed E-state index contributed by atoms with van der Waals surface area (Å²) in [4.78, 5) is 10.3. The monoisotopic (exact) mass is 437 g/mol. The Bertz CT molecular complexity index is 589. The maximum Gasteiger partial charge on any atom is 0.207 e. The largest absolute Gasteiger partial charge is 0.465 e. The molecule has 31 heavy (non-hydrogen) atoms. The van der Waals surface area contributed by atoms with Crippen LogP contribution in [0.15, 0.2) is 12.1 Å². The van der Waals surface area contributed by atoms with E-state index in [4.69, 9.17) is 9.47 Å². The number of aryl methyl sites for hydroxylation is 2. The molecule has 0 bridgehead atoms. The fourth-order valence-electron chi connectivity index (χ4n) is 3.15. The number of hydrogen-bond acceptors (Lipinski definition) is 3. The lowest BCUT2D eigenvalue weighted by Gasteiger charge is -2.32. The second kappa shape index (κ2) is 15.3. The number of nitrogens with one attached hydrogen (secondary N) is 1. The van der Waals surface area contributed by atoms with Crippen LogP contribution in [0.25, 0.3) is 0 Å². The van der Waals surface area contributed by atoms with E-state index in [-0.39, 0.29) is 6.29 Å². The van der Waals surface area contributed by atoms with Gasteiger partial charge in [-0.3, -0.25) is 4.79 Å². The van der Waals surface area contributed by atoms with Gasteiger partial charge < -0.3 is 14.8 Å². The zero-order chi connectivity index (χ0) is 24.8. The van der Waals surface area contributed by atoms with Gasteiger partial charge in [-0.2, -0.15) is 0 Å². The van der Waals surface area contributed by atoms with Crippen LogP contribution in [0.3, 0.4) is 0 Å². The van der Waals surface area contributed by atoms with Crippen LogP contribution in [0.5, 0.6) is 5.75 Å². The van der Waals surface area contributed by atoms with Crippen molar-refractivity contribution >= 4 is 6.41 Å². The van der Waals surface area contributed by atoms with E-state index in [0.717, 1.165) is 28.4 Å². The summed E-state index contributed by atoms with van der Waals surface area (Å²) in [6.07, 6.45) is 1.76. The van der Waals surface area contributed by atoms with Gasteiger partial charge in [0.15, 0.2) is 6.29 Å². The lowest BCUT2D eigenvalue weighted by molar-refractivity contribution is -0.109. The second-order valence-electron chi connectivity index (χ2n) is 10.2. The van der Waals surface area contributed by atoms with Crippen LogP contribution >= 0.6 is 0 Å². The predicted octanol–water partition coefficient (Wildman–Crippen LogP) is 7.44. The van der Waals surface area contributed by atoms with Crippen LogP contribution in [-0.4, -0.2) is 19.3 Å². The molecule has 2 atom stereocenters. The minimum atomic E-state index is -0.258. The van der Waals surface area contributed by atoms with Gasteiger partial charge in [0, 0.05) is 13.2 Å². The molecule has 0 saturated heterocycles. The Morgan fingerprint density at radius 2 is 1.48 bits per heavy atom. The van der Waals surface area contributed by atoms with E-state index in [1.165, 1.54) is 6.42 Å². The van der Waals surface area contributed by atoms with Crippen LogP contribution in [-0.2, 0) is 16.1 Å². The SMILES string of the molecule is CC.CC(CC(C)(C)C)C(C)(C)C.CCOC(C)Oc1c(C)cc(CNC=O)cc1C. The van der Waals surface area contributed by atoms with Crippen molar-refractivity contribution in [2.45, 2.75) is 109 Å². The molecule has 0 aliphatic carbocycles. The zero-order valence-electron chi connectivity index (χ0n) is 22.7. The molecule has 0 aliphatic heterocycles. The average Bonchev–Trinajstić information content (AvgIpc) is 2.63. The minimum Gasteiger partial charge on any atom is -0.465 e. The molecule has 1 aromatic rings. The van der Waals surface area contributed by atoms with Crippen LogP contribution in [0.4, 0.5) is 0 Å². The Labute approximate surface area is 193 Å². The van der Waals surface area contributed by atoms with E-state index in [9.17, 15) is 4.79 Å². The third kappa shape index (κ3) is 15.0. The van der Waals surface area contributed by atoms with Gasteiger partial charge >= 0.3 is 0 Å². The van der Waals surface area contributed by atoms with E-state index in [1.54, 1.807) is 0 Å². The zero-order valence-corrected chi connectivity index (χ0v) is 22.7. The first-order valence-electron chi connectivity index (χ1n) is 11.8. The number of carbonyl (C=O) groups excluding carboxylic acids is 1. The Hall–Kier alpha value is -1.55. The highest BCUT2D eigenvalue weighted by molar-refractivity contribution is 5.48. The lowest BCUT2D eigenvalue weighted by atomic mass is 9.73.